The molecule has 1 unspecified atom stereocenters. The fraction of sp³-hybridized carbons (Fsp3) is 0.760. The first-order valence-corrected chi connectivity index (χ1v) is 13.1. The highest BCUT2D eigenvalue weighted by Gasteiger charge is 2.43. The second-order valence-corrected chi connectivity index (χ2v) is 12.1. The molecule has 0 aromatic carbocycles. The Kier molecular flexibility index (Phi) is 10.2. The van der Waals surface area contributed by atoms with Gasteiger partial charge in [-0.3, -0.25) is 29.3 Å². The molecule has 38 heavy (non-hydrogen) atoms. The van der Waals surface area contributed by atoms with Gasteiger partial charge in [0.05, 0.1) is 6.54 Å². The van der Waals surface area contributed by atoms with Crippen LogP contribution in [0.15, 0.2) is 0 Å². The number of ketones is 1. The van der Waals surface area contributed by atoms with Crippen molar-refractivity contribution in [3.8, 4) is 0 Å². The Morgan fingerprint density at radius 3 is 2.05 bits per heavy atom. The minimum atomic E-state index is -1.27. The average Bonchev–Trinajstić information content (AvgIpc) is 3.24. The van der Waals surface area contributed by atoms with Crippen LogP contribution in [0.25, 0.3) is 0 Å². The van der Waals surface area contributed by atoms with E-state index in [4.69, 9.17) is 5.73 Å². The van der Waals surface area contributed by atoms with E-state index in [-0.39, 0.29) is 25.0 Å². The largest absolute Gasteiger partial charge is 0.363 e. The molecule has 2 fully saturated rings. The second kappa shape index (κ2) is 12.5. The van der Waals surface area contributed by atoms with Crippen LogP contribution in [0.5, 0.6) is 0 Å². The number of Topliss-reactive ketones (excluding diaryl/α,β-unsaturated/α-hetero) is 1. The molecule has 0 aromatic rings. The van der Waals surface area contributed by atoms with Gasteiger partial charge in [0.25, 0.3) is 11.7 Å². The summed E-state index contributed by atoms with van der Waals surface area (Å²) < 4.78 is 0. The third kappa shape index (κ3) is 8.96. The summed E-state index contributed by atoms with van der Waals surface area (Å²) in [4.78, 5) is 76.6. The molecule has 13 heteroatoms. The standard InChI is InChI=1S/C25H43N7O6/c1-24(2,3)18(29-23(38)27-13-16(33)31-25(4,5)6)22(37)32-12-8-11-15(32)21(36)30-20(17(34)19(26)35)28-14-9-7-10-14/h14-15,18,20,28H,7-13H2,1-6H3,(H2,26,35)(H,30,36)(H,31,33)(H2,27,29,38)/t15-,18+,20?/m0/s1. The van der Waals surface area contributed by atoms with E-state index < -0.39 is 58.7 Å². The van der Waals surface area contributed by atoms with Crippen LogP contribution in [0.1, 0.15) is 73.6 Å². The molecule has 1 aliphatic carbocycles. The Balaban J connectivity index is 2.08. The van der Waals surface area contributed by atoms with Crippen molar-refractivity contribution in [2.24, 2.45) is 11.1 Å². The summed E-state index contributed by atoms with van der Waals surface area (Å²) in [7, 11) is 0. The van der Waals surface area contributed by atoms with Crippen LogP contribution in [0.2, 0.25) is 0 Å². The van der Waals surface area contributed by atoms with Crippen LogP contribution in [0, 0.1) is 5.41 Å². The van der Waals surface area contributed by atoms with Gasteiger partial charge in [-0.25, -0.2) is 4.79 Å². The molecule has 6 amide bonds. The van der Waals surface area contributed by atoms with Crippen LogP contribution in [0.4, 0.5) is 4.79 Å². The van der Waals surface area contributed by atoms with E-state index in [1.165, 1.54) is 4.90 Å². The van der Waals surface area contributed by atoms with Gasteiger partial charge in [-0.05, 0) is 51.9 Å². The predicted molar refractivity (Wildman–Crippen MR) is 139 cm³/mol. The Morgan fingerprint density at radius 1 is 0.921 bits per heavy atom. The number of nitrogens with one attached hydrogen (secondary N) is 5. The second-order valence-electron chi connectivity index (χ2n) is 12.1. The Labute approximate surface area is 223 Å². The zero-order valence-electron chi connectivity index (χ0n) is 23.2. The molecule has 13 nitrogen and oxygen atoms in total. The number of primary amides is 1. The highest BCUT2D eigenvalue weighted by Crippen LogP contribution is 2.26. The van der Waals surface area contributed by atoms with E-state index in [2.05, 4.69) is 26.6 Å². The molecule has 0 radical (unpaired) electrons. The molecule has 0 aromatic heterocycles. The Hall–Kier alpha value is -3.22. The van der Waals surface area contributed by atoms with Crippen molar-refractivity contribution in [2.75, 3.05) is 13.1 Å². The summed E-state index contributed by atoms with van der Waals surface area (Å²) in [5.74, 6) is -3.55. The van der Waals surface area contributed by atoms with E-state index in [0.29, 0.717) is 12.8 Å². The summed E-state index contributed by atoms with van der Waals surface area (Å²) in [5.41, 5.74) is 3.99. The smallest absolute Gasteiger partial charge is 0.315 e. The van der Waals surface area contributed by atoms with Gasteiger partial charge in [0.15, 0.2) is 0 Å². The molecule has 0 bridgehead atoms. The van der Waals surface area contributed by atoms with Crippen molar-refractivity contribution < 1.29 is 28.8 Å². The maximum Gasteiger partial charge on any atom is 0.315 e. The minimum absolute atomic E-state index is 0.0108. The molecule has 7 N–H and O–H groups in total. The van der Waals surface area contributed by atoms with Crippen molar-refractivity contribution in [1.82, 2.24) is 31.5 Å². The SMILES string of the molecule is CC(C)(C)NC(=O)CNC(=O)N[C@H](C(=O)N1CCC[C@H]1C(=O)NC(NC1CCC1)C(=O)C(N)=O)C(C)(C)C. The number of hydrogen-bond acceptors (Lipinski definition) is 7. The summed E-state index contributed by atoms with van der Waals surface area (Å²) in [6.45, 7) is 10.8. The van der Waals surface area contributed by atoms with E-state index in [0.717, 1.165) is 19.3 Å². The summed E-state index contributed by atoms with van der Waals surface area (Å²) in [6, 6.07) is -2.60. The molecule has 2 rings (SSSR count). The van der Waals surface area contributed by atoms with Gasteiger partial charge in [0.1, 0.15) is 18.2 Å². The molecular weight excluding hydrogens is 494 g/mol. The van der Waals surface area contributed by atoms with E-state index >= 15 is 0 Å². The molecular formula is C25H43N7O6. The van der Waals surface area contributed by atoms with Crippen LogP contribution in [-0.2, 0) is 24.0 Å². The quantitative estimate of drug-likeness (QED) is 0.156. The number of rotatable bonds is 10. The third-order valence-electron chi connectivity index (χ3n) is 6.45. The molecule has 1 aliphatic heterocycles. The number of nitrogens with two attached hydrogens (primary N) is 1. The van der Waals surface area contributed by atoms with Gasteiger partial charge in [0.2, 0.25) is 17.7 Å². The highest BCUT2D eigenvalue weighted by molar-refractivity contribution is 6.37. The lowest BCUT2D eigenvalue weighted by atomic mass is 9.85. The summed E-state index contributed by atoms with van der Waals surface area (Å²) in [6.07, 6.45) is 2.23. The number of nitrogens with zero attached hydrogens (tertiary/aromatic N) is 1. The fourth-order valence-electron chi connectivity index (χ4n) is 4.30. The van der Waals surface area contributed by atoms with Crippen LogP contribution in [-0.4, -0.2) is 83.3 Å². The fourth-order valence-corrected chi connectivity index (χ4v) is 4.30. The molecule has 0 spiro atoms. The topological polar surface area (TPSA) is 192 Å². The molecule has 2 aliphatic rings. The van der Waals surface area contributed by atoms with Crippen LogP contribution >= 0.6 is 0 Å². The lowest BCUT2D eigenvalue weighted by Crippen LogP contribution is -2.63. The molecule has 1 heterocycles. The first kappa shape index (κ1) is 31.0. The van der Waals surface area contributed by atoms with E-state index in [9.17, 15) is 28.8 Å². The first-order chi connectivity index (χ1) is 17.5. The van der Waals surface area contributed by atoms with Crippen molar-refractivity contribution >= 4 is 35.4 Å². The van der Waals surface area contributed by atoms with E-state index in [1.54, 1.807) is 20.8 Å². The molecule has 1 saturated heterocycles. The molecule has 3 atom stereocenters. The Bertz CT molecular complexity index is 935. The van der Waals surface area contributed by atoms with Crippen molar-refractivity contribution in [1.29, 1.82) is 0 Å². The number of carbonyl (C=O) groups is 6. The first-order valence-electron chi connectivity index (χ1n) is 13.1. The number of hydrogen-bond donors (Lipinski definition) is 6. The van der Waals surface area contributed by atoms with Gasteiger partial charge < -0.3 is 31.9 Å². The minimum Gasteiger partial charge on any atom is -0.363 e. The van der Waals surface area contributed by atoms with Crippen molar-refractivity contribution in [3.63, 3.8) is 0 Å². The lowest BCUT2D eigenvalue weighted by Gasteiger charge is -2.36. The van der Waals surface area contributed by atoms with Gasteiger partial charge in [0, 0.05) is 18.1 Å². The Morgan fingerprint density at radius 2 is 1.55 bits per heavy atom. The monoisotopic (exact) mass is 537 g/mol. The van der Waals surface area contributed by atoms with Crippen molar-refractivity contribution in [3.05, 3.63) is 0 Å². The average molecular weight is 538 g/mol. The lowest BCUT2D eigenvalue weighted by molar-refractivity contribution is -0.143. The van der Waals surface area contributed by atoms with Gasteiger partial charge in [-0.2, -0.15) is 0 Å². The number of amides is 6. The van der Waals surface area contributed by atoms with Crippen LogP contribution < -0.4 is 32.3 Å². The van der Waals surface area contributed by atoms with Gasteiger partial charge in [-0.15, -0.1) is 0 Å². The predicted octanol–water partition coefficient (Wildman–Crippen LogP) is -0.755. The van der Waals surface area contributed by atoms with E-state index in [1.807, 2.05) is 20.8 Å². The number of carbonyl (C=O) groups excluding carboxylic acids is 6. The highest BCUT2D eigenvalue weighted by atomic mass is 16.2. The maximum absolute atomic E-state index is 13.6. The summed E-state index contributed by atoms with van der Waals surface area (Å²) in [5, 5.41) is 13.4. The molecule has 1 saturated carbocycles. The molecule has 214 valence electrons. The summed E-state index contributed by atoms with van der Waals surface area (Å²) >= 11 is 0. The van der Waals surface area contributed by atoms with Gasteiger partial charge in [-0.1, -0.05) is 27.2 Å². The third-order valence-corrected chi connectivity index (χ3v) is 6.45. The zero-order valence-corrected chi connectivity index (χ0v) is 23.2. The van der Waals surface area contributed by atoms with Crippen molar-refractivity contribution in [2.45, 2.75) is 103 Å². The number of urea groups is 1. The van der Waals surface area contributed by atoms with Crippen LogP contribution in [0.3, 0.4) is 0 Å². The zero-order chi connectivity index (χ0) is 28.8. The maximum atomic E-state index is 13.6. The normalized spacial score (nSPS) is 19.5. The van der Waals surface area contributed by atoms with Gasteiger partial charge >= 0.3 is 6.03 Å². The number of likely N-dealkylation sites (tertiary alicyclic amines) is 1.